The third-order valence-electron chi connectivity index (χ3n) is 4.19. The van der Waals surface area contributed by atoms with E-state index in [0.717, 1.165) is 24.3 Å². The zero-order chi connectivity index (χ0) is 12.0. The fraction of sp³-hybridized carbons (Fsp3) is 0.867. The number of nitrogens with two attached hydrogens (primary N) is 1. The molecule has 2 N–H and O–H groups in total. The summed E-state index contributed by atoms with van der Waals surface area (Å²) >= 11 is 0. The van der Waals surface area contributed by atoms with Crippen molar-refractivity contribution in [1.29, 1.82) is 0 Å². The molecule has 16 heavy (non-hydrogen) atoms. The van der Waals surface area contributed by atoms with E-state index in [1.807, 2.05) is 0 Å². The van der Waals surface area contributed by atoms with Crippen LogP contribution < -0.4 is 5.73 Å². The molecule has 1 saturated carbocycles. The SMILES string of the molecule is C=C(C)CCC1CC(CCC)CCC1CN. The number of allylic oxidation sites excluding steroid dienone is 1. The minimum absolute atomic E-state index is 0.785. The van der Waals surface area contributed by atoms with Crippen LogP contribution in [0.15, 0.2) is 12.2 Å². The summed E-state index contributed by atoms with van der Waals surface area (Å²) in [7, 11) is 0. The smallest absolute Gasteiger partial charge is 0.00462 e. The first-order valence-corrected chi connectivity index (χ1v) is 7.01. The standard InChI is InChI=1S/C15H29N/c1-4-5-13-7-9-15(11-16)14(10-13)8-6-12(2)3/h13-15H,2,4-11,16H2,1,3H3. The molecule has 1 nitrogen and oxygen atoms in total. The van der Waals surface area contributed by atoms with Gasteiger partial charge in [0, 0.05) is 0 Å². The van der Waals surface area contributed by atoms with E-state index in [1.165, 1.54) is 50.5 Å². The molecular weight excluding hydrogens is 194 g/mol. The van der Waals surface area contributed by atoms with Crippen LogP contribution in [0.3, 0.4) is 0 Å². The summed E-state index contributed by atoms with van der Waals surface area (Å²) in [5.41, 5.74) is 7.22. The van der Waals surface area contributed by atoms with Crippen LogP contribution >= 0.6 is 0 Å². The highest BCUT2D eigenvalue weighted by Gasteiger charge is 2.28. The van der Waals surface area contributed by atoms with Crippen molar-refractivity contribution in [1.82, 2.24) is 0 Å². The molecule has 1 aliphatic rings. The Hall–Kier alpha value is -0.300. The van der Waals surface area contributed by atoms with Gasteiger partial charge in [0.25, 0.3) is 0 Å². The molecule has 0 aromatic rings. The van der Waals surface area contributed by atoms with Crippen LogP contribution in [-0.2, 0) is 0 Å². The third-order valence-corrected chi connectivity index (χ3v) is 4.19. The Kier molecular flexibility index (Phi) is 6.12. The van der Waals surface area contributed by atoms with E-state index in [-0.39, 0.29) is 0 Å². The van der Waals surface area contributed by atoms with E-state index in [2.05, 4.69) is 20.4 Å². The maximum atomic E-state index is 5.90. The molecule has 1 heteroatoms. The normalized spacial score (nSPS) is 30.3. The lowest BCUT2D eigenvalue weighted by Crippen LogP contribution is -2.30. The largest absolute Gasteiger partial charge is 0.330 e. The Morgan fingerprint density at radius 1 is 1.25 bits per heavy atom. The number of rotatable bonds is 6. The summed E-state index contributed by atoms with van der Waals surface area (Å²) in [5.74, 6) is 2.63. The fourth-order valence-electron chi connectivity index (χ4n) is 3.19. The van der Waals surface area contributed by atoms with Gasteiger partial charge >= 0.3 is 0 Å². The van der Waals surface area contributed by atoms with Gasteiger partial charge in [-0.1, -0.05) is 31.8 Å². The molecule has 0 aromatic carbocycles. The predicted octanol–water partition coefficient (Wildman–Crippen LogP) is 4.13. The lowest BCUT2D eigenvalue weighted by molar-refractivity contribution is 0.167. The third kappa shape index (κ3) is 4.29. The first-order valence-electron chi connectivity index (χ1n) is 7.01. The molecule has 1 rings (SSSR count). The summed E-state index contributed by atoms with van der Waals surface area (Å²) in [5, 5.41) is 0. The highest BCUT2D eigenvalue weighted by atomic mass is 14.6. The molecule has 94 valence electrons. The van der Waals surface area contributed by atoms with Gasteiger partial charge in [-0.15, -0.1) is 6.58 Å². The van der Waals surface area contributed by atoms with Gasteiger partial charge in [-0.2, -0.15) is 0 Å². The topological polar surface area (TPSA) is 26.0 Å². The highest BCUT2D eigenvalue weighted by molar-refractivity contribution is 4.90. The van der Waals surface area contributed by atoms with Crippen LogP contribution in [0.25, 0.3) is 0 Å². The van der Waals surface area contributed by atoms with Crippen molar-refractivity contribution in [2.24, 2.45) is 23.5 Å². The summed E-state index contributed by atoms with van der Waals surface area (Å²) in [4.78, 5) is 0. The van der Waals surface area contributed by atoms with Gasteiger partial charge < -0.3 is 5.73 Å². The van der Waals surface area contributed by atoms with Crippen LogP contribution in [-0.4, -0.2) is 6.54 Å². The first-order chi connectivity index (χ1) is 7.67. The van der Waals surface area contributed by atoms with E-state index in [4.69, 9.17) is 5.73 Å². The molecule has 0 aliphatic heterocycles. The molecule has 0 amide bonds. The number of hydrogen-bond donors (Lipinski definition) is 1. The van der Waals surface area contributed by atoms with Crippen molar-refractivity contribution in [3.8, 4) is 0 Å². The Bertz CT molecular complexity index is 209. The molecule has 1 fully saturated rings. The minimum atomic E-state index is 0.785. The lowest BCUT2D eigenvalue weighted by Gasteiger charge is -2.36. The Balaban J connectivity index is 2.43. The van der Waals surface area contributed by atoms with Crippen LogP contribution in [0.4, 0.5) is 0 Å². The van der Waals surface area contributed by atoms with E-state index in [9.17, 15) is 0 Å². The summed E-state index contributed by atoms with van der Waals surface area (Å²) in [6.07, 6.45) is 9.47. The summed E-state index contributed by atoms with van der Waals surface area (Å²) < 4.78 is 0. The van der Waals surface area contributed by atoms with E-state index in [1.54, 1.807) is 0 Å². The molecule has 0 aromatic heterocycles. The molecule has 0 radical (unpaired) electrons. The molecule has 3 unspecified atom stereocenters. The van der Waals surface area contributed by atoms with Crippen LogP contribution in [0.1, 0.15) is 58.8 Å². The van der Waals surface area contributed by atoms with Crippen molar-refractivity contribution in [3.05, 3.63) is 12.2 Å². The highest BCUT2D eigenvalue weighted by Crippen LogP contribution is 2.38. The molecule has 0 bridgehead atoms. The molecule has 1 aliphatic carbocycles. The maximum absolute atomic E-state index is 5.90. The van der Waals surface area contributed by atoms with Crippen LogP contribution in [0, 0.1) is 17.8 Å². The zero-order valence-corrected chi connectivity index (χ0v) is 11.2. The van der Waals surface area contributed by atoms with Gasteiger partial charge in [0.2, 0.25) is 0 Å². The van der Waals surface area contributed by atoms with Crippen LogP contribution in [0.2, 0.25) is 0 Å². The van der Waals surface area contributed by atoms with Crippen molar-refractivity contribution in [2.75, 3.05) is 6.54 Å². The molecule has 3 atom stereocenters. The Morgan fingerprint density at radius 3 is 2.56 bits per heavy atom. The average Bonchev–Trinajstić information content (AvgIpc) is 2.27. The molecule has 0 spiro atoms. The quantitative estimate of drug-likeness (QED) is 0.673. The van der Waals surface area contributed by atoms with Gasteiger partial charge in [0.05, 0.1) is 0 Å². The second-order valence-electron chi connectivity index (χ2n) is 5.72. The lowest BCUT2D eigenvalue weighted by atomic mass is 9.71. The van der Waals surface area contributed by atoms with Gasteiger partial charge in [0.1, 0.15) is 0 Å². The van der Waals surface area contributed by atoms with Gasteiger partial charge in [-0.05, 0) is 56.9 Å². The van der Waals surface area contributed by atoms with Gasteiger partial charge in [-0.25, -0.2) is 0 Å². The molecule has 0 heterocycles. The molecular formula is C15H29N. The summed E-state index contributed by atoms with van der Waals surface area (Å²) in [6, 6.07) is 0. The fourth-order valence-corrected chi connectivity index (χ4v) is 3.19. The van der Waals surface area contributed by atoms with Crippen molar-refractivity contribution in [2.45, 2.75) is 58.8 Å². The van der Waals surface area contributed by atoms with Crippen molar-refractivity contribution < 1.29 is 0 Å². The predicted molar refractivity (Wildman–Crippen MR) is 72.3 cm³/mol. The Labute approximate surface area is 101 Å². The van der Waals surface area contributed by atoms with E-state index < -0.39 is 0 Å². The molecule has 0 saturated heterocycles. The average molecular weight is 223 g/mol. The van der Waals surface area contributed by atoms with Gasteiger partial charge in [0.15, 0.2) is 0 Å². The zero-order valence-electron chi connectivity index (χ0n) is 11.2. The monoisotopic (exact) mass is 223 g/mol. The maximum Gasteiger partial charge on any atom is -0.00462 e. The first kappa shape index (κ1) is 13.8. The van der Waals surface area contributed by atoms with E-state index >= 15 is 0 Å². The minimum Gasteiger partial charge on any atom is -0.330 e. The number of hydrogen-bond acceptors (Lipinski definition) is 1. The second-order valence-corrected chi connectivity index (χ2v) is 5.72. The summed E-state index contributed by atoms with van der Waals surface area (Å²) in [6.45, 7) is 9.35. The van der Waals surface area contributed by atoms with Crippen LogP contribution in [0.5, 0.6) is 0 Å². The van der Waals surface area contributed by atoms with E-state index in [0.29, 0.717) is 0 Å². The second kappa shape index (κ2) is 7.11. The van der Waals surface area contributed by atoms with Crippen molar-refractivity contribution >= 4 is 0 Å². The van der Waals surface area contributed by atoms with Gasteiger partial charge in [-0.3, -0.25) is 0 Å². The van der Waals surface area contributed by atoms with Crippen molar-refractivity contribution in [3.63, 3.8) is 0 Å². The Morgan fingerprint density at radius 2 is 2.00 bits per heavy atom.